The van der Waals surface area contributed by atoms with Crippen molar-refractivity contribution in [3.8, 4) is 39.1 Å². The molecular formula is C98H72BN3Si2. The fraction of sp³-hybridized carbons (Fsp3) is 0.0204. The van der Waals surface area contributed by atoms with E-state index in [9.17, 15) is 0 Å². The van der Waals surface area contributed by atoms with Crippen molar-refractivity contribution in [1.82, 2.24) is 4.57 Å². The highest BCUT2D eigenvalue weighted by molar-refractivity contribution is 7.20. The van der Waals surface area contributed by atoms with Crippen LogP contribution in [-0.2, 0) is 0 Å². The van der Waals surface area contributed by atoms with Crippen molar-refractivity contribution in [2.24, 2.45) is 0 Å². The Morgan fingerprint density at radius 3 is 1.09 bits per heavy atom. The summed E-state index contributed by atoms with van der Waals surface area (Å²) in [7, 11) is -6.14. The molecule has 3 heterocycles. The third-order valence-electron chi connectivity index (χ3n) is 22.1. The number of anilines is 6. The predicted octanol–water partition coefficient (Wildman–Crippen LogP) is 17.2. The molecule has 0 saturated heterocycles. The van der Waals surface area contributed by atoms with Crippen molar-refractivity contribution in [1.29, 1.82) is 0 Å². The van der Waals surface area contributed by atoms with Gasteiger partial charge in [-0.25, -0.2) is 0 Å². The Morgan fingerprint density at radius 2 is 0.615 bits per heavy atom. The number of fused-ring (bicyclic) bond motifs is 7. The summed E-state index contributed by atoms with van der Waals surface area (Å²) in [6.45, 7) is 4.25. The number of benzene rings is 16. The van der Waals surface area contributed by atoms with E-state index in [1.165, 1.54) is 90.8 Å². The van der Waals surface area contributed by atoms with Crippen LogP contribution in [0.4, 0.5) is 34.1 Å². The van der Waals surface area contributed by atoms with Gasteiger partial charge in [0.15, 0.2) is 16.1 Å². The predicted molar refractivity (Wildman–Crippen MR) is 448 cm³/mol. The van der Waals surface area contributed by atoms with Gasteiger partial charge in [0.1, 0.15) is 0 Å². The molecule has 3 nitrogen and oxygen atoms in total. The maximum Gasteiger partial charge on any atom is 0.252 e. The average Bonchev–Trinajstić information content (AvgIpc) is 0.957. The first-order valence-corrected chi connectivity index (χ1v) is 40.2. The molecule has 6 heteroatoms. The number of para-hydroxylation sites is 4. The average molecular weight is 1360 g/mol. The zero-order valence-corrected chi connectivity index (χ0v) is 60.0. The molecule has 0 atom stereocenters. The van der Waals surface area contributed by atoms with E-state index in [0.717, 1.165) is 73.2 Å². The molecular weight excluding hydrogens is 1290 g/mol. The third-order valence-corrected chi connectivity index (χ3v) is 31.7. The van der Waals surface area contributed by atoms with Crippen molar-refractivity contribution in [2.45, 2.75) is 13.8 Å². The normalized spacial score (nSPS) is 12.5. The van der Waals surface area contributed by atoms with E-state index in [1.807, 2.05) is 0 Å². The van der Waals surface area contributed by atoms with Crippen molar-refractivity contribution < 1.29 is 0 Å². The third kappa shape index (κ3) is 10.1. The Kier molecular flexibility index (Phi) is 15.5. The second kappa shape index (κ2) is 25.8. The van der Waals surface area contributed by atoms with Gasteiger partial charge >= 0.3 is 0 Å². The fourth-order valence-corrected chi connectivity index (χ4v) is 27.4. The van der Waals surface area contributed by atoms with Gasteiger partial charge in [0.25, 0.3) is 6.71 Å². The maximum atomic E-state index is 2.65. The summed E-state index contributed by atoms with van der Waals surface area (Å²) in [6.07, 6.45) is 0. The molecule has 0 radical (unpaired) electrons. The zero-order chi connectivity index (χ0) is 69.3. The Labute approximate surface area is 611 Å². The van der Waals surface area contributed by atoms with Crippen molar-refractivity contribution in [3.63, 3.8) is 0 Å². The first-order valence-electron chi connectivity index (χ1n) is 36.2. The summed E-state index contributed by atoms with van der Waals surface area (Å²) in [5, 5.41) is 13.1. The van der Waals surface area contributed by atoms with Gasteiger partial charge in [-0.15, -0.1) is 0 Å². The van der Waals surface area contributed by atoms with Crippen molar-refractivity contribution in [3.05, 3.63) is 412 Å². The highest BCUT2D eigenvalue weighted by Crippen LogP contribution is 2.50. The van der Waals surface area contributed by atoms with Gasteiger partial charge in [0.2, 0.25) is 0 Å². The van der Waals surface area contributed by atoms with Gasteiger partial charge in [-0.2, -0.15) is 0 Å². The highest BCUT2D eigenvalue weighted by atomic mass is 28.3. The molecule has 2 aliphatic heterocycles. The molecule has 0 bridgehead atoms. The molecule has 0 N–H and O–H groups in total. The van der Waals surface area contributed by atoms with Gasteiger partial charge in [-0.3, -0.25) is 0 Å². The van der Waals surface area contributed by atoms with Gasteiger partial charge in [-0.05, 0) is 178 Å². The molecule has 0 unspecified atom stereocenters. The number of rotatable bonds is 14. The Hall–Kier alpha value is -12.6. The molecule has 490 valence electrons. The molecule has 0 fully saturated rings. The summed E-state index contributed by atoms with van der Waals surface area (Å²) in [6, 6.07) is 152. The Bertz CT molecular complexity index is 5770. The van der Waals surface area contributed by atoms with Crippen LogP contribution in [-0.4, -0.2) is 27.4 Å². The molecule has 16 aromatic carbocycles. The van der Waals surface area contributed by atoms with Crippen LogP contribution < -0.4 is 67.7 Å². The van der Waals surface area contributed by atoms with E-state index in [1.54, 1.807) is 0 Å². The van der Waals surface area contributed by atoms with E-state index >= 15 is 0 Å². The molecule has 104 heavy (non-hydrogen) atoms. The van der Waals surface area contributed by atoms with E-state index < -0.39 is 16.1 Å². The molecule has 0 aliphatic carbocycles. The lowest BCUT2D eigenvalue weighted by Crippen LogP contribution is -2.75. The first-order chi connectivity index (χ1) is 51.4. The van der Waals surface area contributed by atoms with Crippen LogP contribution in [0.15, 0.2) is 400 Å². The lowest BCUT2D eigenvalue weighted by atomic mass is 9.33. The largest absolute Gasteiger partial charge is 0.311 e. The van der Waals surface area contributed by atoms with Gasteiger partial charge in [-0.1, -0.05) is 339 Å². The summed E-state index contributed by atoms with van der Waals surface area (Å²) in [5.41, 5.74) is 23.3. The molecule has 0 amide bonds. The standard InChI is InChI=1S/C98H72BN3Si2/c1-69-33-30-35-71(61-69)87-66-76(102-91-56-27-24-53-85(91)86-54-25-28-57-92(86)102)67-88(72-36-31-34-70(2)62-72)97(87)73-63-95-98-96(64-73)101(75-39-32-52-83(65-75)103(77-40-12-4-13-41-77,78-42-14-5-15-43-78)79-44-16-6-17-45-79)93-58-29-26-55-89(93)99(98)90-68-84(59-60-94(90)100(95)74-37-10-3-11-38-74)104(80-46-18-7-19-47-80,81-48-20-8-21-49-81)82-50-22-9-23-51-82/h3-68H,1-2H3. The number of hydrogen-bond donors (Lipinski definition) is 0. The molecule has 1 aromatic heterocycles. The van der Waals surface area contributed by atoms with Crippen LogP contribution in [0.25, 0.3) is 60.9 Å². The van der Waals surface area contributed by atoms with E-state index in [-0.39, 0.29) is 6.71 Å². The summed E-state index contributed by atoms with van der Waals surface area (Å²) >= 11 is 0. The summed E-state index contributed by atoms with van der Waals surface area (Å²) < 4.78 is 2.50. The van der Waals surface area contributed by atoms with E-state index in [0.29, 0.717) is 0 Å². The molecule has 2 aliphatic rings. The van der Waals surface area contributed by atoms with Crippen LogP contribution in [0.3, 0.4) is 0 Å². The van der Waals surface area contributed by atoms with Crippen LogP contribution >= 0.6 is 0 Å². The Morgan fingerprint density at radius 1 is 0.240 bits per heavy atom. The molecule has 19 rings (SSSR count). The lowest BCUT2D eigenvalue weighted by Gasteiger charge is -2.45. The van der Waals surface area contributed by atoms with E-state index in [4.69, 9.17) is 0 Å². The van der Waals surface area contributed by atoms with Gasteiger partial charge in [0.05, 0.1) is 11.0 Å². The summed E-state index contributed by atoms with van der Waals surface area (Å²) in [4.78, 5) is 5.26. The second-order valence-electron chi connectivity index (χ2n) is 28.0. The topological polar surface area (TPSA) is 11.4 Å². The summed E-state index contributed by atoms with van der Waals surface area (Å²) in [5.74, 6) is 0. The van der Waals surface area contributed by atoms with E-state index in [2.05, 4.69) is 429 Å². The molecule has 0 spiro atoms. The molecule has 17 aromatic rings. The van der Waals surface area contributed by atoms with Gasteiger partial charge < -0.3 is 14.4 Å². The highest BCUT2D eigenvalue weighted by Gasteiger charge is 2.48. The maximum absolute atomic E-state index is 3.08. The fourth-order valence-electron chi connectivity index (χ4n) is 17.8. The second-order valence-corrected chi connectivity index (χ2v) is 35.6. The quantitative estimate of drug-likeness (QED) is 0.0794. The first kappa shape index (κ1) is 62.4. The number of hydrogen-bond acceptors (Lipinski definition) is 2. The van der Waals surface area contributed by atoms with Crippen molar-refractivity contribution >= 4 is 137 Å². The minimum Gasteiger partial charge on any atom is -0.311 e. The van der Waals surface area contributed by atoms with Crippen molar-refractivity contribution in [2.75, 3.05) is 9.80 Å². The van der Waals surface area contributed by atoms with Crippen LogP contribution in [0, 0.1) is 13.8 Å². The molecule has 0 saturated carbocycles. The minimum atomic E-state index is -3.08. The van der Waals surface area contributed by atoms with Gasteiger partial charge in [0, 0.05) is 50.6 Å². The number of nitrogens with zero attached hydrogens (tertiary/aromatic N) is 3. The number of aromatic nitrogens is 1. The van der Waals surface area contributed by atoms with Crippen LogP contribution in [0.2, 0.25) is 0 Å². The smallest absolute Gasteiger partial charge is 0.252 e. The monoisotopic (exact) mass is 1360 g/mol. The van der Waals surface area contributed by atoms with Crippen LogP contribution in [0.5, 0.6) is 0 Å². The van der Waals surface area contributed by atoms with Crippen LogP contribution in [0.1, 0.15) is 11.1 Å². The Balaban J connectivity index is 0.955. The lowest BCUT2D eigenvalue weighted by molar-refractivity contribution is 1.18. The zero-order valence-electron chi connectivity index (χ0n) is 58.0. The SMILES string of the molecule is Cc1cccc(-c2cc(-n3c4ccccc4c4ccccc43)cc(-c3cccc(C)c3)c2-c2cc3c4c(c2)N(c2ccccc2)c2ccc([Si](c5ccccc5)(c5ccccc5)c5ccccc5)cc2B4c2ccccc2N3c2cccc([Si](c3ccccc3)(c3ccccc3)c3ccccc3)c2)c1. The number of aryl methyl sites for hydroxylation is 2. The minimum absolute atomic E-state index is 0.204.